The number of aromatic nitrogens is 1. The molecule has 0 spiro atoms. The minimum atomic E-state index is -0.0282. The Morgan fingerprint density at radius 3 is 2.64 bits per heavy atom. The van der Waals surface area contributed by atoms with Crippen molar-refractivity contribution in [2.75, 3.05) is 26.1 Å². The number of benzene rings is 1. The van der Waals surface area contributed by atoms with E-state index in [1.54, 1.807) is 24.9 Å². The molecule has 2 rings (SSSR count). The van der Waals surface area contributed by atoms with Crippen LogP contribution in [-0.2, 0) is 17.8 Å². The number of para-hydroxylation sites is 1. The second kappa shape index (κ2) is 7.66. The van der Waals surface area contributed by atoms with Gasteiger partial charge in [0, 0.05) is 43.2 Å². The lowest BCUT2D eigenvalue weighted by molar-refractivity contribution is 0.185. The summed E-state index contributed by atoms with van der Waals surface area (Å²) in [6.45, 7) is 3.61. The molecule has 0 saturated carbocycles. The van der Waals surface area contributed by atoms with Crippen LogP contribution in [0.2, 0.25) is 0 Å². The number of pyridine rings is 1. The molecule has 0 amide bonds. The van der Waals surface area contributed by atoms with Gasteiger partial charge in [0.1, 0.15) is 5.75 Å². The molecule has 0 saturated heterocycles. The number of hydrogen-bond acceptors (Lipinski definition) is 4. The van der Waals surface area contributed by atoms with Crippen LogP contribution in [0.3, 0.4) is 0 Å². The quantitative estimate of drug-likeness (QED) is 0.853. The van der Waals surface area contributed by atoms with Crippen LogP contribution in [0.1, 0.15) is 11.3 Å². The molecule has 5 nitrogen and oxygen atoms in total. The minimum Gasteiger partial charge on any atom is -0.496 e. The molecule has 0 aliphatic carbocycles. The van der Waals surface area contributed by atoms with Crippen LogP contribution in [0, 0.1) is 6.92 Å². The van der Waals surface area contributed by atoms with E-state index >= 15 is 0 Å². The van der Waals surface area contributed by atoms with Crippen molar-refractivity contribution in [3.8, 4) is 5.75 Å². The summed E-state index contributed by atoms with van der Waals surface area (Å²) in [6.07, 6.45) is 0. The second-order valence-corrected chi connectivity index (χ2v) is 5.03. The highest BCUT2D eigenvalue weighted by molar-refractivity contribution is 5.45. The van der Waals surface area contributed by atoms with Crippen molar-refractivity contribution in [2.45, 2.75) is 20.0 Å². The Morgan fingerprint density at radius 2 is 1.95 bits per heavy atom. The lowest BCUT2D eigenvalue weighted by atomic mass is 10.2. The largest absolute Gasteiger partial charge is 0.496 e. The van der Waals surface area contributed by atoms with Gasteiger partial charge in [0.15, 0.2) is 0 Å². The normalized spacial score (nSPS) is 10.5. The van der Waals surface area contributed by atoms with Gasteiger partial charge in [-0.15, -0.1) is 0 Å². The highest BCUT2D eigenvalue weighted by Crippen LogP contribution is 2.18. The molecule has 0 fully saturated rings. The Morgan fingerprint density at radius 1 is 1.18 bits per heavy atom. The topological polar surface area (TPSA) is 52.5 Å². The van der Waals surface area contributed by atoms with E-state index in [2.05, 4.69) is 5.32 Å². The van der Waals surface area contributed by atoms with Gasteiger partial charge in [0.05, 0.1) is 13.7 Å². The van der Waals surface area contributed by atoms with Crippen LogP contribution < -0.4 is 15.6 Å². The van der Waals surface area contributed by atoms with Gasteiger partial charge in [0.2, 0.25) is 0 Å². The first-order valence-electron chi connectivity index (χ1n) is 7.22. The first kappa shape index (κ1) is 16.1. The lowest BCUT2D eigenvalue weighted by Gasteiger charge is -2.13. The first-order valence-corrected chi connectivity index (χ1v) is 7.22. The van der Waals surface area contributed by atoms with E-state index in [1.165, 1.54) is 0 Å². The summed E-state index contributed by atoms with van der Waals surface area (Å²) in [6, 6.07) is 11.4. The molecule has 22 heavy (non-hydrogen) atoms. The molecule has 0 aliphatic heterocycles. The number of methoxy groups -OCH3 is 2. The molecular formula is C17H22N2O3. The summed E-state index contributed by atoms with van der Waals surface area (Å²) in [5.41, 5.74) is 2.74. The lowest BCUT2D eigenvalue weighted by Crippen LogP contribution is -2.24. The van der Waals surface area contributed by atoms with Crippen molar-refractivity contribution in [2.24, 2.45) is 0 Å². The summed E-state index contributed by atoms with van der Waals surface area (Å²) in [5, 5.41) is 3.28. The number of hydrogen-bond donors (Lipinski definition) is 1. The van der Waals surface area contributed by atoms with Crippen molar-refractivity contribution < 1.29 is 9.47 Å². The molecule has 0 unspecified atom stereocenters. The zero-order valence-corrected chi connectivity index (χ0v) is 13.3. The number of ether oxygens (including phenoxy) is 2. The number of aryl methyl sites for hydroxylation is 1. The van der Waals surface area contributed by atoms with Gasteiger partial charge in [-0.2, -0.15) is 0 Å². The fourth-order valence-corrected chi connectivity index (χ4v) is 2.35. The van der Waals surface area contributed by atoms with Gasteiger partial charge < -0.3 is 19.4 Å². The third kappa shape index (κ3) is 3.89. The second-order valence-electron chi connectivity index (χ2n) is 5.03. The highest BCUT2D eigenvalue weighted by Gasteiger charge is 2.05. The van der Waals surface area contributed by atoms with Crippen molar-refractivity contribution in [1.82, 2.24) is 4.57 Å². The van der Waals surface area contributed by atoms with Gasteiger partial charge in [-0.1, -0.05) is 18.2 Å². The molecule has 5 heteroatoms. The molecule has 0 aliphatic rings. The molecule has 0 radical (unpaired) electrons. The van der Waals surface area contributed by atoms with Crippen molar-refractivity contribution >= 4 is 5.69 Å². The maximum atomic E-state index is 12.1. The maximum absolute atomic E-state index is 12.1. The molecule has 2 aromatic rings. The highest BCUT2D eigenvalue weighted by atomic mass is 16.5. The van der Waals surface area contributed by atoms with E-state index in [1.807, 2.05) is 37.3 Å². The van der Waals surface area contributed by atoms with Crippen LogP contribution in [0.15, 0.2) is 41.2 Å². The predicted octanol–water partition coefficient (Wildman–Crippen LogP) is 2.42. The van der Waals surface area contributed by atoms with Crippen LogP contribution in [-0.4, -0.2) is 25.4 Å². The average Bonchev–Trinajstić information content (AvgIpc) is 2.52. The molecule has 0 atom stereocenters. The zero-order chi connectivity index (χ0) is 15.9. The molecule has 1 aromatic carbocycles. The Labute approximate surface area is 130 Å². The van der Waals surface area contributed by atoms with Crippen LogP contribution in [0.25, 0.3) is 0 Å². The Hall–Kier alpha value is -2.27. The summed E-state index contributed by atoms with van der Waals surface area (Å²) in [4.78, 5) is 12.1. The van der Waals surface area contributed by atoms with E-state index < -0.39 is 0 Å². The van der Waals surface area contributed by atoms with Gasteiger partial charge in [0.25, 0.3) is 5.56 Å². The number of nitrogens with one attached hydrogen (secondary N) is 1. The summed E-state index contributed by atoms with van der Waals surface area (Å²) in [5.74, 6) is 0.833. The summed E-state index contributed by atoms with van der Waals surface area (Å²) < 4.78 is 12.1. The summed E-state index contributed by atoms with van der Waals surface area (Å²) >= 11 is 0. The van der Waals surface area contributed by atoms with Crippen LogP contribution in [0.4, 0.5) is 5.69 Å². The van der Waals surface area contributed by atoms with Gasteiger partial charge in [-0.25, -0.2) is 0 Å². The zero-order valence-electron chi connectivity index (χ0n) is 13.3. The molecular weight excluding hydrogens is 280 g/mol. The van der Waals surface area contributed by atoms with Crippen molar-refractivity contribution in [1.29, 1.82) is 0 Å². The van der Waals surface area contributed by atoms with Gasteiger partial charge >= 0.3 is 0 Å². The monoisotopic (exact) mass is 302 g/mol. The Kier molecular flexibility index (Phi) is 5.61. The molecule has 1 heterocycles. The van der Waals surface area contributed by atoms with E-state index in [0.29, 0.717) is 19.7 Å². The Balaban J connectivity index is 2.12. The molecule has 118 valence electrons. The fourth-order valence-electron chi connectivity index (χ4n) is 2.35. The maximum Gasteiger partial charge on any atom is 0.252 e. The standard InChI is InChI=1S/C17H22N2O3/c1-13-10-15(11-17(20)19(13)8-9-21-2)18-12-14-6-4-5-7-16(14)22-3/h4-7,10-11,18H,8-9,12H2,1-3H3. The van der Waals surface area contributed by atoms with Gasteiger partial charge in [-0.3, -0.25) is 4.79 Å². The van der Waals surface area contributed by atoms with E-state index in [9.17, 15) is 4.79 Å². The minimum absolute atomic E-state index is 0.0282. The smallest absolute Gasteiger partial charge is 0.252 e. The van der Waals surface area contributed by atoms with Crippen LogP contribution in [0.5, 0.6) is 5.75 Å². The van der Waals surface area contributed by atoms with E-state index in [-0.39, 0.29) is 5.56 Å². The van der Waals surface area contributed by atoms with Crippen molar-refractivity contribution in [3.05, 3.63) is 58.0 Å². The summed E-state index contributed by atoms with van der Waals surface area (Å²) in [7, 11) is 3.28. The average molecular weight is 302 g/mol. The molecule has 0 bridgehead atoms. The molecule has 1 N–H and O–H groups in total. The molecule has 1 aromatic heterocycles. The number of rotatable bonds is 7. The van der Waals surface area contributed by atoms with Gasteiger partial charge in [-0.05, 0) is 19.1 Å². The van der Waals surface area contributed by atoms with E-state index in [0.717, 1.165) is 22.7 Å². The fraction of sp³-hybridized carbons (Fsp3) is 0.353. The third-order valence-corrected chi connectivity index (χ3v) is 3.53. The Bertz CT molecular complexity index is 680. The van der Waals surface area contributed by atoms with Crippen molar-refractivity contribution in [3.63, 3.8) is 0 Å². The SMILES string of the molecule is COCCn1c(C)cc(NCc2ccccc2OC)cc1=O. The van der Waals surface area contributed by atoms with E-state index in [4.69, 9.17) is 9.47 Å². The number of anilines is 1. The number of nitrogens with zero attached hydrogens (tertiary/aromatic N) is 1. The predicted molar refractivity (Wildman–Crippen MR) is 87.6 cm³/mol. The first-order chi connectivity index (χ1) is 10.7. The third-order valence-electron chi connectivity index (χ3n) is 3.53. The van der Waals surface area contributed by atoms with Crippen LogP contribution >= 0.6 is 0 Å².